The van der Waals surface area contributed by atoms with Gasteiger partial charge in [-0.05, 0) is 41.1 Å². The van der Waals surface area contributed by atoms with Crippen molar-refractivity contribution in [2.45, 2.75) is 32.7 Å². The van der Waals surface area contributed by atoms with Crippen molar-refractivity contribution in [3.63, 3.8) is 0 Å². The maximum atomic E-state index is 8.99. The molecule has 0 bridgehead atoms. The van der Waals surface area contributed by atoms with Gasteiger partial charge >= 0.3 is 0 Å². The van der Waals surface area contributed by atoms with E-state index in [1.54, 1.807) is 22.7 Å². The van der Waals surface area contributed by atoms with Crippen molar-refractivity contribution in [3.8, 4) is 0 Å². The van der Waals surface area contributed by atoms with E-state index < -0.39 is 0 Å². The maximum Gasteiger partial charge on any atom is 0.0765 e. The highest BCUT2D eigenvalue weighted by atomic mass is 32.1. The number of rotatable bonds is 8. The molecule has 2 N–H and O–H groups in total. The number of hydrogen-bond acceptors (Lipinski definition) is 4. The van der Waals surface area contributed by atoms with E-state index in [9.17, 15) is 0 Å². The van der Waals surface area contributed by atoms with Crippen molar-refractivity contribution in [1.29, 1.82) is 0 Å². The summed E-state index contributed by atoms with van der Waals surface area (Å²) < 4.78 is 0. The Kier molecular flexibility index (Phi) is 5.78. The van der Waals surface area contributed by atoms with Crippen LogP contribution in [0.15, 0.2) is 35.0 Å². The monoisotopic (exact) mass is 309 g/mol. The van der Waals surface area contributed by atoms with Gasteiger partial charge in [0.15, 0.2) is 0 Å². The molecule has 0 spiro atoms. The molecule has 2 heterocycles. The van der Waals surface area contributed by atoms with Gasteiger partial charge in [0.1, 0.15) is 0 Å². The van der Waals surface area contributed by atoms with E-state index in [0.717, 1.165) is 19.4 Å². The minimum Gasteiger partial charge on any atom is -0.396 e. The Hall–Kier alpha value is -0.680. The lowest BCUT2D eigenvalue weighted by molar-refractivity contribution is 0.234. The molecule has 0 unspecified atom stereocenters. The summed E-state index contributed by atoms with van der Waals surface area (Å²) in [5, 5.41) is 17.0. The number of nitrogens with one attached hydrogen (secondary N) is 1. The SMILES string of the molecule is CC(C)(CCCO)CNC(c1cccs1)c1cccs1. The van der Waals surface area contributed by atoms with Crippen LogP contribution in [0.2, 0.25) is 0 Å². The topological polar surface area (TPSA) is 32.3 Å². The summed E-state index contributed by atoms with van der Waals surface area (Å²) in [4.78, 5) is 2.73. The molecule has 0 aliphatic rings. The summed E-state index contributed by atoms with van der Waals surface area (Å²) in [5.41, 5.74) is 0.204. The van der Waals surface area contributed by atoms with Crippen LogP contribution in [0.5, 0.6) is 0 Å². The second-order valence-corrected chi connectivity index (χ2v) is 7.79. The third-order valence-corrected chi connectivity index (χ3v) is 5.33. The molecule has 0 atom stereocenters. The maximum absolute atomic E-state index is 8.99. The lowest BCUT2D eigenvalue weighted by Crippen LogP contribution is -2.32. The highest BCUT2D eigenvalue weighted by molar-refractivity contribution is 7.11. The smallest absolute Gasteiger partial charge is 0.0765 e. The van der Waals surface area contributed by atoms with Crippen LogP contribution in [0.4, 0.5) is 0 Å². The van der Waals surface area contributed by atoms with Crippen LogP contribution in [0.25, 0.3) is 0 Å². The second kappa shape index (κ2) is 7.36. The number of aliphatic hydroxyl groups is 1. The summed E-state index contributed by atoms with van der Waals surface area (Å²) in [7, 11) is 0. The van der Waals surface area contributed by atoms with Gasteiger partial charge in [0.2, 0.25) is 0 Å². The predicted octanol–water partition coefficient (Wildman–Crippen LogP) is 4.29. The van der Waals surface area contributed by atoms with Crippen LogP contribution in [0.1, 0.15) is 42.5 Å². The first-order chi connectivity index (χ1) is 9.62. The zero-order valence-corrected chi connectivity index (χ0v) is 13.8. The second-order valence-electron chi connectivity index (χ2n) is 5.84. The highest BCUT2D eigenvalue weighted by Crippen LogP contribution is 2.31. The first-order valence-corrected chi connectivity index (χ1v) is 8.79. The largest absolute Gasteiger partial charge is 0.396 e. The summed E-state index contributed by atoms with van der Waals surface area (Å²) in [6, 6.07) is 8.91. The standard InChI is InChI=1S/C16H23NOS2/c1-16(2,8-5-9-18)12-17-15(13-6-3-10-19-13)14-7-4-11-20-14/h3-4,6-7,10-11,15,17-18H,5,8-9,12H2,1-2H3. The Bertz CT molecular complexity index is 442. The minimum absolute atomic E-state index is 0.204. The van der Waals surface area contributed by atoms with E-state index in [1.807, 2.05) is 0 Å². The molecular formula is C16H23NOS2. The fourth-order valence-electron chi connectivity index (χ4n) is 2.28. The molecule has 2 rings (SSSR count). The summed E-state index contributed by atoms with van der Waals surface area (Å²) in [6.45, 7) is 5.75. The van der Waals surface area contributed by atoms with E-state index in [2.05, 4.69) is 54.2 Å². The molecule has 2 aromatic heterocycles. The Morgan fingerprint density at radius 1 is 1.15 bits per heavy atom. The van der Waals surface area contributed by atoms with Gasteiger partial charge < -0.3 is 10.4 Å². The third kappa shape index (κ3) is 4.42. The quantitative estimate of drug-likeness (QED) is 0.762. The normalized spacial score (nSPS) is 12.2. The zero-order chi connectivity index (χ0) is 14.4. The molecule has 2 nitrogen and oxygen atoms in total. The van der Waals surface area contributed by atoms with Crippen molar-refractivity contribution >= 4 is 22.7 Å². The average Bonchev–Trinajstić information content (AvgIpc) is 3.09. The average molecular weight is 310 g/mol. The van der Waals surface area contributed by atoms with Crippen LogP contribution in [-0.4, -0.2) is 18.3 Å². The van der Waals surface area contributed by atoms with Crippen molar-refractivity contribution in [2.24, 2.45) is 5.41 Å². The molecular weight excluding hydrogens is 286 g/mol. The Labute approximate surface area is 129 Å². The lowest BCUT2D eigenvalue weighted by atomic mass is 9.87. The van der Waals surface area contributed by atoms with Crippen LogP contribution in [-0.2, 0) is 0 Å². The first-order valence-electron chi connectivity index (χ1n) is 7.03. The van der Waals surface area contributed by atoms with Gasteiger partial charge in [-0.15, -0.1) is 22.7 Å². The number of hydrogen-bond donors (Lipinski definition) is 2. The first kappa shape index (κ1) is 15.7. The fraction of sp³-hybridized carbons (Fsp3) is 0.500. The van der Waals surface area contributed by atoms with Crippen LogP contribution >= 0.6 is 22.7 Å². The summed E-state index contributed by atoms with van der Waals surface area (Å²) in [5.74, 6) is 0. The molecule has 4 heteroatoms. The molecule has 0 aliphatic heterocycles. The van der Waals surface area contributed by atoms with E-state index >= 15 is 0 Å². The molecule has 20 heavy (non-hydrogen) atoms. The molecule has 0 amide bonds. The van der Waals surface area contributed by atoms with Crippen molar-refractivity contribution in [2.75, 3.05) is 13.2 Å². The van der Waals surface area contributed by atoms with E-state index in [0.29, 0.717) is 6.04 Å². The van der Waals surface area contributed by atoms with E-state index in [4.69, 9.17) is 5.11 Å². The Morgan fingerprint density at radius 2 is 1.75 bits per heavy atom. The zero-order valence-electron chi connectivity index (χ0n) is 12.1. The highest BCUT2D eigenvalue weighted by Gasteiger charge is 2.22. The van der Waals surface area contributed by atoms with Crippen LogP contribution in [0, 0.1) is 5.41 Å². The molecule has 0 saturated heterocycles. The Morgan fingerprint density at radius 3 is 2.20 bits per heavy atom. The van der Waals surface area contributed by atoms with Gasteiger partial charge in [0.05, 0.1) is 6.04 Å². The molecule has 0 aromatic carbocycles. The number of thiophene rings is 2. The third-order valence-electron chi connectivity index (χ3n) is 3.45. The summed E-state index contributed by atoms with van der Waals surface area (Å²) >= 11 is 3.60. The van der Waals surface area contributed by atoms with Gasteiger partial charge in [-0.2, -0.15) is 0 Å². The molecule has 110 valence electrons. The lowest BCUT2D eigenvalue weighted by Gasteiger charge is -2.27. The van der Waals surface area contributed by atoms with Crippen LogP contribution < -0.4 is 5.32 Å². The molecule has 0 fully saturated rings. The molecule has 2 aromatic rings. The number of aliphatic hydroxyl groups excluding tert-OH is 1. The minimum atomic E-state index is 0.204. The molecule has 0 radical (unpaired) electrons. The molecule has 0 aliphatic carbocycles. The van der Waals surface area contributed by atoms with Crippen molar-refractivity contribution in [1.82, 2.24) is 5.32 Å². The van der Waals surface area contributed by atoms with E-state index in [-0.39, 0.29) is 12.0 Å². The molecule has 0 saturated carbocycles. The summed E-state index contributed by atoms with van der Waals surface area (Å²) in [6.07, 6.45) is 1.91. The Balaban J connectivity index is 2.02. The van der Waals surface area contributed by atoms with Crippen molar-refractivity contribution in [3.05, 3.63) is 44.8 Å². The van der Waals surface area contributed by atoms with Gasteiger partial charge in [-0.3, -0.25) is 0 Å². The van der Waals surface area contributed by atoms with Gasteiger partial charge in [-0.25, -0.2) is 0 Å². The van der Waals surface area contributed by atoms with Gasteiger partial charge in [-0.1, -0.05) is 26.0 Å². The van der Waals surface area contributed by atoms with E-state index in [1.165, 1.54) is 9.75 Å². The van der Waals surface area contributed by atoms with Crippen molar-refractivity contribution < 1.29 is 5.11 Å². The van der Waals surface area contributed by atoms with Gasteiger partial charge in [0.25, 0.3) is 0 Å². The van der Waals surface area contributed by atoms with Crippen LogP contribution in [0.3, 0.4) is 0 Å². The predicted molar refractivity (Wildman–Crippen MR) is 88.6 cm³/mol. The fourth-order valence-corrected chi connectivity index (χ4v) is 3.99. The van der Waals surface area contributed by atoms with Gasteiger partial charge in [0, 0.05) is 22.9 Å².